The van der Waals surface area contributed by atoms with Gasteiger partial charge in [0.15, 0.2) is 11.9 Å². The van der Waals surface area contributed by atoms with Crippen LogP contribution in [0.5, 0.6) is 5.75 Å². The van der Waals surface area contributed by atoms with E-state index in [1.54, 1.807) is 44.2 Å². The van der Waals surface area contributed by atoms with E-state index >= 15 is 0 Å². The van der Waals surface area contributed by atoms with Crippen molar-refractivity contribution in [2.24, 2.45) is 11.7 Å². The first-order valence-corrected chi connectivity index (χ1v) is 15.1. The van der Waals surface area contributed by atoms with E-state index in [0.717, 1.165) is 0 Å². The predicted molar refractivity (Wildman–Crippen MR) is 153 cm³/mol. The van der Waals surface area contributed by atoms with Gasteiger partial charge in [0.1, 0.15) is 35.8 Å². The van der Waals surface area contributed by atoms with Crippen LogP contribution in [0.3, 0.4) is 0 Å². The van der Waals surface area contributed by atoms with E-state index < -0.39 is 67.4 Å². The minimum absolute atomic E-state index is 0.0617. The molecular weight excluding hydrogens is 572 g/mol. The van der Waals surface area contributed by atoms with E-state index in [-0.39, 0.29) is 28.9 Å². The zero-order chi connectivity index (χ0) is 31.0. The summed E-state index contributed by atoms with van der Waals surface area (Å²) in [6.07, 6.45) is -3.75. The number of alkyl halides is 1. The summed E-state index contributed by atoms with van der Waals surface area (Å²) in [7, 11) is -4.19. The number of anilines is 1. The molecule has 0 spiro atoms. The van der Waals surface area contributed by atoms with Crippen LogP contribution >= 0.6 is 7.60 Å². The molecule has 0 aliphatic carbocycles. The van der Waals surface area contributed by atoms with E-state index in [9.17, 15) is 23.7 Å². The maximum absolute atomic E-state index is 14.6. The molecule has 6 atom stereocenters. The minimum atomic E-state index is -4.19. The summed E-state index contributed by atoms with van der Waals surface area (Å²) >= 11 is 0. The number of fused-ring (bicyclic) bond motifs is 1. The monoisotopic (exact) mass is 609 g/mol. The number of aliphatic hydroxyl groups is 1. The molecule has 42 heavy (non-hydrogen) atoms. The standard InChI is InChI=1S/C27H37FN5O8P/c1-15(2)38-23(36)16(3)13-42(37,40-17-9-7-6-8-10-17)41-26(4,5)20-19(34)27(30,14-28)24(39-20)33-12-11-18-21(33)31-25(29)32-22(18)35/h6-12,15-16,19-20,24,34H,13-14,30H2,1-5H3,(H3,29,31,32,35)/t16-,19+,20+,24-,27?,42?/m1/s1. The van der Waals surface area contributed by atoms with Gasteiger partial charge < -0.3 is 35.1 Å². The van der Waals surface area contributed by atoms with Gasteiger partial charge in [-0.2, -0.15) is 4.98 Å². The van der Waals surface area contributed by atoms with Crippen molar-refractivity contribution in [1.29, 1.82) is 0 Å². The number of aliphatic hydroxyl groups excluding tert-OH is 1. The van der Waals surface area contributed by atoms with Gasteiger partial charge in [0.25, 0.3) is 5.56 Å². The number of hydrogen-bond donors (Lipinski definition) is 4. The Hall–Kier alpha value is -3.29. The molecule has 1 aliphatic rings. The summed E-state index contributed by atoms with van der Waals surface area (Å²) in [5.41, 5.74) is 8.02. The van der Waals surface area contributed by atoms with Gasteiger partial charge in [-0.15, -0.1) is 0 Å². The Balaban J connectivity index is 1.68. The molecule has 1 fully saturated rings. The van der Waals surface area contributed by atoms with Crippen LogP contribution in [-0.2, 0) is 23.4 Å². The van der Waals surface area contributed by atoms with Gasteiger partial charge >= 0.3 is 13.6 Å². The molecule has 2 aromatic heterocycles. The van der Waals surface area contributed by atoms with Gasteiger partial charge in [0.2, 0.25) is 5.95 Å². The molecule has 230 valence electrons. The molecule has 0 bridgehead atoms. The molecule has 0 radical (unpaired) electrons. The number of carbonyl (C=O) groups excluding carboxylic acids is 1. The van der Waals surface area contributed by atoms with Crippen LogP contribution in [0.4, 0.5) is 10.3 Å². The molecule has 13 nitrogen and oxygen atoms in total. The molecular formula is C27H37FN5O8P. The lowest BCUT2D eigenvalue weighted by atomic mass is 9.86. The van der Waals surface area contributed by atoms with Gasteiger partial charge in [-0.1, -0.05) is 25.1 Å². The fraction of sp³-hybridized carbons (Fsp3) is 0.519. The zero-order valence-corrected chi connectivity index (χ0v) is 24.9. The summed E-state index contributed by atoms with van der Waals surface area (Å²) in [5.74, 6) is -1.45. The molecule has 2 unspecified atom stereocenters. The van der Waals surface area contributed by atoms with Crippen molar-refractivity contribution in [3.8, 4) is 5.75 Å². The third-order valence-corrected chi connectivity index (χ3v) is 9.19. The van der Waals surface area contributed by atoms with Crippen LogP contribution in [0, 0.1) is 5.92 Å². The molecule has 0 saturated carbocycles. The number of ether oxygens (including phenoxy) is 2. The summed E-state index contributed by atoms with van der Waals surface area (Å²) in [4.78, 5) is 31.5. The van der Waals surface area contributed by atoms with Crippen molar-refractivity contribution in [2.45, 2.75) is 70.3 Å². The molecule has 0 amide bonds. The molecule has 1 saturated heterocycles. The minimum Gasteiger partial charge on any atom is -0.463 e. The second-order valence-corrected chi connectivity index (χ2v) is 13.2. The van der Waals surface area contributed by atoms with Gasteiger partial charge in [0.05, 0.1) is 23.6 Å². The third kappa shape index (κ3) is 6.23. The van der Waals surface area contributed by atoms with E-state index in [2.05, 4.69) is 9.97 Å². The highest BCUT2D eigenvalue weighted by atomic mass is 31.2. The lowest BCUT2D eigenvalue weighted by molar-refractivity contribution is -0.151. The molecule has 4 rings (SSSR count). The van der Waals surface area contributed by atoms with Gasteiger partial charge in [-0.25, -0.2) is 8.96 Å². The second-order valence-electron chi connectivity index (χ2n) is 11.3. The zero-order valence-electron chi connectivity index (χ0n) is 24.0. The highest BCUT2D eigenvalue weighted by Crippen LogP contribution is 2.55. The Labute approximate surface area is 241 Å². The topological polar surface area (TPSA) is 194 Å². The third-order valence-electron chi connectivity index (χ3n) is 6.96. The maximum atomic E-state index is 14.6. The fourth-order valence-electron chi connectivity index (χ4n) is 4.93. The van der Waals surface area contributed by atoms with Crippen LogP contribution in [0.25, 0.3) is 11.0 Å². The summed E-state index contributed by atoms with van der Waals surface area (Å²) in [6.45, 7) is 6.64. The van der Waals surface area contributed by atoms with Crippen molar-refractivity contribution in [1.82, 2.24) is 14.5 Å². The summed E-state index contributed by atoms with van der Waals surface area (Å²) in [5, 5.41) is 11.5. The second kappa shape index (κ2) is 11.8. The molecule has 1 aliphatic heterocycles. The first-order valence-electron chi connectivity index (χ1n) is 13.4. The molecule has 3 aromatic rings. The Bertz CT molecular complexity index is 1530. The van der Waals surface area contributed by atoms with E-state index in [1.807, 2.05) is 0 Å². The van der Waals surface area contributed by atoms with Crippen molar-refractivity contribution >= 4 is 30.5 Å². The highest BCUT2D eigenvalue weighted by Gasteiger charge is 2.61. The van der Waals surface area contributed by atoms with Gasteiger partial charge in [0, 0.05) is 6.20 Å². The number of halogens is 1. The number of rotatable bonds is 11. The first kappa shape index (κ1) is 31.6. The molecule has 3 heterocycles. The van der Waals surface area contributed by atoms with E-state index in [1.165, 1.54) is 37.6 Å². The van der Waals surface area contributed by atoms with Gasteiger partial charge in [-0.3, -0.25) is 19.1 Å². The SMILES string of the molecule is CC(C)OC(=O)[C@H](C)CP(=O)(Oc1ccccc1)OC(C)(C)[C@H]1O[C@@H](n2ccc3c(=O)[nH]c(N)nc32)C(N)(CF)[C@H]1O. The molecule has 15 heteroatoms. The number of hydrogen-bond acceptors (Lipinski definition) is 11. The normalized spacial score (nSPS) is 24.9. The van der Waals surface area contributed by atoms with Crippen molar-refractivity contribution in [2.75, 3.05) is 18.6 Å². The van der Waals surface area contributed by atoms with E-state index in [4.69, 9.17) is 30.0 Å². The van der Waals surface area contributed by atoms with Crippen LogP contribution in [-0.4, -0.2) is 67.9 Å². The number of nitrogens with two attached hydrogens (primary N) is 2. The fourth-order valence-corrected chi connectivity index (χ4v) is 7.20. The largest absolute Gasteiger partial charge is 0.463 e. The lowest BCUT2D eigenvalue weighted by Crippen LogP contribution is -2.58. The molecule has 1 aromatic carbocycles. The Kier molecular flexibility index (Phi) is 8.87. The number of esters is 1. The number of nitrogens with one attached hydrogen (secondary N) is 1. The number of aromatic nitrogens is 3. The molecule has 6 N–H and O–H groups in total. The lowest BCUT2D eigenvalue weighted by Gasteiger charge is -2.37. The van der Waals surface area contributed by atoms with Crippen LogP contribution in [0.2, 0.25) is 0 Å². The smallest absolute Gasteiger partial charge is 0.380 e. The summed E-state index contributed by atoms with van der Waals surface area (Å²) in [6, 6.07) is 9.67. The number of nitrogens with zero attached hydrogens (tertiary/aromatic N) is 2. The summed E-state index contributed by atoms with van der Waals surface area (Å²) < 4.78 is 53.6. The number of carbonyl (C=O) groups is 1. The van der Waals surface area contributed by atoms with E-state index in [0.29, 0.717) is 0 Å². The first-order chi connectivity index (χ1) is 19.6. The Morgan fingerprint density at radius 3 is 2.57 bits per heavy atom. The van der Waals surface area contributed by atoms with Gasteiger partial charge in [-0.05, 0) is 45.9 Å². The number of H-pyrrole nitrogens is 1. The average Bonchev–Trinajstić information content (AvgIpc) is 3.42. The number of benzene rings is 1. The number of aromatic amines is 1. The average molecular weight is 610 g/mol. The number of nitrogen functional groups attached to an aromatic ring is 1. The van der Waals surface area contributed by atoms with Crippen LogP contribution in [0.15, 0.2) is 47.4 Å². The predicted octanol–water partition coefficient (Wildman–Crippen LogP) is 2.89. The Morgan fingerprint density at radius 2 is 1.95 bits per heavy atom. The van der Waals surface area contributed by atoms with Crippen molar-refractivity contribution in [3.05, 3.63) is 52.9 Å². The maximum Gasteiger partial charge on any atom is 0.380 e. The Morgan fingerprint density at radius 1 is 1.29 bits per heavy atom. The number of para-hydroxylation sites is 1. The van der Waals surface area contributed by atoms with Crippen LogP contribution in [0.1, 0.15) is 40.8 Å². The van der Waals surface area contributed by atoms with Crippen molar-refractivity contribution in [3.63, 3.8) is 0 Å². The van der Waals surface area contributed by atoms with Crippen molar-refractivity contribution < 1.29 is 37.4 Å². The highest BCUT2D eigenvalue weighted by molar-refractivity contribution is 7.54. The van der Waals surface area contributed by atoms with Crippen LogP contribution < -0.4 is 21.6 Å². The quantitative estimate of drug-likeness (QED) is 0.184.